The van der Waals surface area contributed by atoms with E-state index in [-0.39, 0.29) is 6.03 Å². The first-order chi connectivity index (χ1) is 9.21. The Morgan fingerprint density at radius 3 is 2.89 bits per heavy atom. The van der Waals surface area contributed by atoms with Gasteiger partial charge in [0.2, 0.25) is 0 Å². The van der Waals surface area contributed by atoms with Crippen LogP contribution in [-0.2, 0) is 13.0 Å². The fourth-order valence-corrected chi connectivity index (χ4v) is 2.76. The second-order valence-electron chi connectivity index (χ2n) is 3.69. The van der Waals surface area contributed by atoms with Crippen LogP contribution in [0.2, 0.25) is 0 Å². The Balaban J connectivity index is 1.81. The monoisotopic (exact) mass is 297 g/mol. The summed E-state index contributed by atoms with van der Waals surface area (Å²) in [5, 5.41) is 11.8. The number of thiazole rings is 2. The Bertz CT molecular complexity index is 551. The molecule has 0 radical (unpaired) electrons. The number of rotatable bonds is 5. The topological polar surface area (TPSA) is 78.9 Å². The van der Waals surface area contributed by atoms with Crippen LogP contribution in [0.3, 0.4) is 0 Å². The molecule has 0 saturated heterocycles. The minimum atomic E-state index is -0.268. The van der Waals surface area contributed by atoms with Crippen molar-refractivity contribution in [1.29, 1.82) is 0 Å². The highest BCUT2D eigenvalue weighted by Crippen LogP contribution is 2.18. The molecule has 0 saturated carbocycles. The summed E-state index contributed by atoms with van der Waals surface area (Å²) < 4.78 is 0. The standard InChI is InChI=1S/C11H15N5OS2/c1-3-8-5-14-11(19-8)16-9(17)13-4-7-6-18-10(12-2)15-7/h5-6H,3-4H2,1-2H3,(H,12,15)(H2,13,14,16,17). The molecule has 0 atom stereocenters. The van der Waals surface area contributed by atoms with Gasteiger partial charge in [-0.2, -0.15) is 0 Å². The summed E-state index contributed by atoms with van der Waals surface area (Å²) in [5.74, 6) is 0. The van der Waals surface area contributed by atoms with Gasteiger partial charge in [-0.15, -0.1) is 22.7 Å². The predicted octanol–water partition coefficient (Wildman–Crippen LogP) is 2.53. The van der Waals surface area contributed by atoms with Crippen LogP contribution in [0.5, 0.6) is 0 Å². The molecule has 0 aromatic carbocycles. The van der Waals surface area contributed by atoms with Gasteiger partial charge in [-0.3, -0.25) is 5.32 Å². The number of aromatic nitrogens is 2. The third kappa shape index (κ3) is 3.90. The molecule has 8 heteroatoms. The number of carbonyl (C=O) groups is 1. The van der Waals surface area contributed by atoms with E-state index in [2.05, 4.69) is 32.8 Å². The molecule has 102 valence electrons. The van der Waals surface area contributed by atoms with Crippen molar-refractivity contribution in [2.75, 3.05) is 17.7 Å². The number of carbonyl (C=O) groups excluding carboxylic acids is 1. The van der Waals surface area contributed by atoms with Gasteiger partial charge in [0.25, 0.3) is 0 Å². The molecule has 2 rings (SSSR count). The minimum Gasteiger partial charge on any atom is -0.365 e. The number of amides is 2. The maximum atomic E-state index is 11.7. The number of hydrogen-bond donors (Lipinski definition) is 3. The van der Waals surface area contributed by atoms with Crippen molar-refractivity contribution < 1.29 is 4.79 Å². The molecule has 0 aliphatic heterocycles. The van der Waals surface area contributed by atoms with Crippen LogP contribution in [0.4, 0.5) is 15.1 Å². The lowest BCUT2D eigenvalue weighted by atomic mass is 10.4. The maximum absolute atomic E-state index is 11.7. The van der Waals surface area contributed by atoms with Gasteiger partial charge in [-0.25, -0.2) is 14.8 Å². The average Bonchev–Trinajstić information content (AvgIpc) is 3.04. The summed E-state index contributed by atoms with van der Waals surface area (Å²) in [5.41, 5.74) is 0.831. The number of urea groups is 1. The zero-order valence-electron chi connectivity index (χ0n) is 10.7. The molecular formula is C11H15N5OS2. The van der Waals surface area contributed by atoms with Crippen LogP contribution in [0.1, 0.15) is 17.5 Å². The number of anilines is 2. The van der Waals surface area contributed by atoms with E-state index in [0.29, 0.717) is 11.7 Å². The number of nitrogens with zero attached hydrogens (tertiary/aromatic N) is 2. The van der Waals surface area contributed by atoms with Crippen molar-refractivity contribution in [3.8, 4) is 0 Å². The third-order valence-corrected chi connectivity index (χ3v) is 4.28. The van der Waals surface area contributed by atoms with Crippen LogP contribution in [-0.4, -0.2) is 23.0 Å². The van der Waals surface area contributed by atoms with Crippen molar-refractivity contribution in [3.05, 3.63) is 22.1 Å². The van der Waals surface area contributed by atoms with Gasteiger partial charge in [0.05, 0.1) is 12.2 Å². The first-order valence-electron chi connectivity index (χ1n) is 5.83. The lowest BCUT2D eigenvalue weighted by Gasteiger charge is -2.03. The van der Waals surface area contributed by atoms with E-state index in [0.717, 1.165) is 22.1 Å². The van der Waals surface area contributed by atoms with E-state index in [1.165, 1.54) is 22.7 Å². The first kappa shape index (κ1) is 13.8. The van der Waals surface area contributed by atoms with Gasteiger partial charge in [-0.05, 0) is 6.42 Å². The van der Waals surface area contributed by atoms with Crippen LogP contribution in [0.25, 0.3) is 0 Å². The summed E-state index contributed by atoms with van der Waals surface area (Å²) in [6, 6.07) is -0.268. The Kier molecular flexibility index (Phi) is 4.69. The van der Waals surface area contributed by atoms with Crippen LogP contribution in [0, 0.1) is 0 Å². The SMILES string of the molecule is CCc1cnc(NC(=O)NCc2csc(NC)n2)s1. The second kappa shape index (κ2) is 6.48. The highest BCUT2D eigenvalue weighted by atomic mass is 32.1. The highest BCUT2D eigenvalue weighted by Gasteiger charge is 2.06. The Hall–Kier alpha value is -1.67. The maximum Gasteiger partial charge on any atom is 0.321 e. The molecule has 0 fully saturated rings. The van der Waals surface area contributed by atoms with Crippen LogP contribution >= 0.6 is 22.7 Å². The fraction of sp³-hybridized carbons (Fsp3) is 0.364. The molecule has 0 spiro atoms. The molecule has 2 heterocycles. The summed E-state index contributed by atoms with van der Waals surface area (Å²) in [6.07, 6.45) is 2.70. The fourth-order valence-electron chi connectivity index (χ4n) is 1.34. The normalized spacial score (nSPS) is 10.2. The first-order valence-corrected chi connectivity index (χ1v) is 7.52. The van der Waals surface area contributed by atoms with E-state index < -0.39 is 0 Å². The minimum absolute atomic E-state index is 0.268. The molecule has 0 unspecified atom stereocenters. The molecule has 0 bridgehead atoms. The number of aryl methyl sites for hydroxylation is 1. The van der Waals surface area contributed by atoms with E-state index in [1.54, 1.807) is 6.20 Å². The highest BCUT2D eigenvalue weighted by molar-refractivity contribution is 7.15. The van der Waals surface area contributed by atoms with Gasteiger partial charge < -0.3 is 10.6 Å². The van der Waals surface area contributed by atoms with Gasteiger partial charge in [0.15, 0.2) is 10.3 Å². The smallest absolute Gasteiger partial charge is 0.321 e. The molecule has 2 amide bonds. The Morgan fingerprint density at radius 2 is 2.26 bits per heavy atom. The van der Waals surface area contributed by atoms with Gasteiger partial charge in [0, 0.05) is 23.5 Å². The summed E-state index contributed by atoms with van der Waals surface area (Å²) in [7, 11) is 1.82. The summed E-state index contributed by atoms with van der Waals surface area (Å²) in [4.78, 5) is 21.2. The molecule has 6 nitrogen and oxygen atoms in total. The largest absolute Gasteiger partial charge is 0.365 e. The van der Waals surface area contributed by atoms with E-state index in [4.69, 9.17) is 0 Å². The zero-order chi connectivity index (χ0) is 13.7. The third-order valence-electron chi connectivity index (χ3n) is 2.32. The average molecular weight is 297 g/mol. The van der Waals surface area contributed by atoms with Crippen molar-refractivity contribution in [3.63, 3.8) is 0 Å². The second-order valence-corrected chi connectivity index (χ2v) is 5.66. The van der Waals surface area contributed by atoms with Crippen molar-refractivity contribution in [2.24, 2.45) is 0 Å². The molecule has 2 aromatic rings. The van der Waals surface area contributed by atoms with Gasteiger partial charge in [0.1, 0.15) is 0 Å². The molecule has 19 heavy (non-hydrogen) atoms. The van der Waals surface area contributed by atoms with Gasteiger partial charge in [-0.1, -0.05) is 6.92 Å². The van der Waals surface area contributed by atoms with Crippen LogP contribution in [0.15, 0.2) is 11.6 Å². The molecule has 0 aliphatic carbocycles. The number of hydrogen-bond acceptors (Lipinski definition) is 6. The van der Waals surface area contributed by atoms with Gasteiger partial charge >= 0.3 is 6.03 Å². The Labute approximate surface area is 119 Å². The lowest BCUT2D eigenvalue weighted by Crippen LogP contribution is -2.28. The molecule has 2 aromatic heterocycles. The zero-order valence-corrected chi connectivity index (χ0v) is 12.3. The van der Waals surface area contributed by atoms with Crippen molar-refractivity contribution in [1.82, 2.24) is 15.3 Å². The quantitative estimate of drug-likeness (QED) is 0.792. The lowest BCUT2D eigenvalue weighted by molar-refractivity contribution is 0.251. The predicted molar refractivity (Wildman–Crippen MR) is 79.0 cm³/mol. The van der Waals surface area contributed by atoms with Crippen molar-refractivity contribution >= 4 is 39.0 Å². The number of nitrogens with one attached hydrogen (secondary N) is 3. The summed E-state index contributed by atoms with van der Waals surface area (Å²) >= 11 is 2.99. The summed E-state index contributed by atoms with van der Waals surface area (Å²) in [6.45, 7) is 2.45. The molecular weight excluding hydrogens is 282 g/mol. The van der Waals surface area contributed by atoms with E-state index >= 15 is 0 Å². The van der Waals surface area contributed by atoms with Crippen LogP contribution < -0.4 is 16.0 Å². The van der Waals surface area contributed by atoms with E-state index in [9.17, 15) is 4.79 Å². The Morgan fingerprint density at radius 1 is 1.42 bits per heavy atom. The van der Waals surface area contributed by atoms with Crippen molar-refractivity contribution in [2.45, 2.75) is 19.9 Å². The molecule has 3 N–H and O–H groups in total. The molecule has 0 aliphatic rings. The van der Waals surface area contributed by atoms with E-state index in [1.807, 2.05) is 12.4 Å².